The van der Waals surface area contributed by atoms with E-state index in [0.717, 1.165) is 37.3 Å². The van der Waals surface area contributed by atoms with Crippen LogP contribution in [0.2, 0.25) is 0 Å². The average molecular weight is 402 g/mol. The van der Waals surface area contributed by atoms with Crippen LogP contribution in [0.25, 0.3) is 0 Å². The zero-order valence-corrected chi connectivity index (χ0v) is 17.4. The van der Waals surface area contributed by atoms with Gasteiger partial charge in [0.2, 0.25) is 0 Å². The SMILES string of the molecule is COc1ccc(C(=O)N2CCN(c3ccccn3)CC2)cc1C#CC1=CCCCC1. The van der Waals surface area contributed by atoms with Gasteiger partial charge in [0.25, 0.3) is 5.91 Å². The summed E-state index contributed by atoms with van der Waals surface area (Å²) in [5.74, 6) is 8.21. The maximum Gasteiger partial charge on any atom is 0.254 e. The number of hydrogen-bond donors (Lipinski definition) is 0. The Kier molecular flexibility index (Phi) is 6.34. The molecule has 1 aromatic heterocycles. The van der Waals surface area contributed by atoms with Gasteiger partial charge < -0.3 is 14.5 Å². The van der Waals surface area contributed by atoms with Crippen molar-refractivity contribution >= 4 is 11.7 Å². The Morgan fingerprint density at radius 1 is 1.07 bits per heavy atom. The summed E-state index contributed by atoms with van der Waals surface area (Å²) in [5, 5.41) is 0. The quantitative estimate of drug-likeness (QED) is 0.732. The first kappa shape index (κ1) is 20.0. The van der Waals surface area contributed by atoms with Crippen LogP contribution in [0.15, 0.2) is 54.2 Å². The van der Waals surface area contributed by atoms with Crippen molar-refractivity contribution < 1.29 is 9.53 Å². The number of allylic oxidation sites excluding steroid dienone is 2. The molecule has 1 fully saturated rings. The summed E-state index contributed by atoms with van der Waals surface area (Å²) in [6.45, 7) is 2.91. The average Bonchev–Trinajstić information content (AvgIpc) is 2.83. The molecule has 2 aromatic rings. The molecule has 0 atom stereocenters. The number of carbonyl (C=O) groups excluding carboxylic acids is 1. The topological polar surface area (TPSA) is 45.7 Å². The lowest BCUT2D eigenvalue weighted by Crippen LogP contribution is -2.49. The Hall–Kier alpha value is -3.26. The van der Waals surface area contributed by atoms with Gasteiger partial charge in [-0.15, -0.1) is 0 Å². The summed E-state index contributed by atoms with van der Waals surface area (Å²) in [7, 11) is 1.64. The monoisotopic (exact) mass is 401 g/mol. The lowest BCUT2D eigenvalue weighted by atomic mass is 9.99. The third-order valence-corrected chi connectivity index (χ3v) is 5.64. The fourth-order valence-electron chi connectivity index (χ4n) is 3.90. The fraction of sp³-hybridized carbons (Fsp3) is 0.360. The van der Waals surface area contributed by atoms with Crippen LogP contribution in [0.5, 0.6) is 5.75 Å². The van der Waals surface area contributed by atoms with E-state index in [1.807, 2.05) is 41.3 Å². The van der Waals surface area contributed by atoms with Crippen molar-refractivity contribution in [2.45, 2.75) is 25.7 Å². The van der Waals surface area contributed by atoms with Crippen LogP contribution in [-0.4, -0.2) is 49.1 Å². The second-order valence-corrected chi connectivity index (χ2v) is 7.61. The number of methoxy groups -OCH3 is 1. The minimum absolute atomic E-state index is 0.0401. The number of carbonyl (C=O) groups is 1. The first-order chi connectivity index (χ1) is 14.7. The van der Waals surface area contributed by atoms with Crippen LogP contribution in [0.4, 0.5) is 5.82 Å². The first-order valence-corrected chi connectivity index (χ1v) is 10.6. The summed E-state index contributed by atoms with van der Waals surface area (Å²) >= 11 is 0. The largest absolute Gasteiger partial charge is 0.495 e. The van der Waals surface area contributed by atoms with Gasteiger partial charge >= 0.3 is 0 Å². The molecule has 1 amide bonds. The lowest BCUT2D eigenvalue weighted by molar-refractivity contribution is 0.0746. The smallest absolute Gasteiger partial charge is 0.254 e. The van der Waals surface area contributed by atoms with E-state index >= 15 is 0 Å². The van der Waals surface area contributed by atoms with Crippen molar-refractivity contribution in [3.63, 3.8) is 0 Å². The van der Waals surface area contributed by atoms with Crippen molar-refractivity contribution in [2.24, 2.45) is 0 Å². The molecule has 2 aliphatic rings. The minimum atomic E-state index is 0.0401. The summed E-state index contributed by atoms with van der Waals surface area (Å²) in [4.78, 5) is 21.6. The molecule has 0 bridgehead atoms. The molecule has 1 aromatic carbocycles. The number of rotatable bonds is 3. The number of benzene rings is 1. The van der Waals surface area contributed by atoms with Gasteiger partial charge in [0.15, 0.2) is 0 Å². The summed E-state index contributed by atoms with van der Waals surface area (Å²) in [6.07, 6.45) is 8.60. The number of ether oxygens (including phenoxy) is 1. The molecule has 0 unspecified atom stereocenters. The van der Waals surface area contributed by atoms with Gasteiger partial charge in [-0.1, -0.05) is 24.0 Å². The fourth-order valence-corrected chi connectivity index (χ4v) is 3.90. The number of nitrogens with zero attached hydrogens (tertiary/aromatic N) is 3. The van der Waals surface area contributed by atoms with Gasteiger partial charge in [-0.05, 0) is 61.6 Å². The number of piperazine rings is 1. The van der Waals surface area contributed by atoms with Crippen LogP contribution in [-0.2, 0) is 0 Å². The van der Waals surface area contributed by atoms with Crippen molar-refractivity contribution in [1.82, 2.24) is 9.88 Å². The molecular weight excluding hydrogens is 374 g/mol. The Morgan fingerprint density at radius 3 is 2.63 bits per heavy atom. The molecule has 1 aliphatic carbocycles. The number of hydrogen-bond acceptors (Lipinski definition) is 4. The number of amides is 1. The molecule has 0 radical (unpaired) electrons. The highest BCUT2D eigenvalue weighted by Gasteiger charge is 2.23. The molecular formula is C25H27N3O2. The molecule has 5 nitrogen and oxygen atoms in total. The first-order valence-electron chi connectivity index (χ1n) is 10.6. The van der Waals surface area contributed by atoms with E-state index in [0.29, 0.717) is 24.4 Å². The molecule has 0 spiro atoms. The third kappa shape index (κ3) is 4.65. The normalized spacial score (nSPS) is 16.4. The Bertz CT molecular complexity index is 980. The predicted octanol–water partition coefficient (Wildman–Crippen LogP) is 3.90. The van der Waals surface area contributed by atoms with Crippen LogP contribution in [0.1, 0.15) is 41.6 Å². The molecule has 30 heavy (non-hydrogen) atoms. The van der Waals surface area contributed by atoms with Crippen molar-refractivity contribution in [3.8, 4) is 17.6 Å². The molecule has 0 saturated carbocycles. The standard InChI is InChI=1S/C25H27N3O2/c1-30-23-13-12-22(19-21(23)11-10-20-7-3-2-4-8-20)25(29)28-17-15-27(16-18-28)24-9-5-6-14-26-24/h5-7,9,12-14,19H,2-4,8,15-18H2,1H3. The minimum Gasteiger partial charge on any atom is -0.495 e. The van der Waals surface area contributed by atoms with E-state index in [4.69, 9.17) is 4.74 Å². The summed E-state index contributed by atoms with van der Waals surface area (Å²) in [5.41, 5.74) is 2.61. The number of pyridine rings is 1. The molecule has 0 N–H and O–H groups in total. The highest BCUT2D eigenvalue weighted by Crippen LogP contribution is 2.22. The Labute approximate surface area is 178 Å². The van der Waals surface area contributed by atoms with Crippen molar-refractivity contribution in [2.75, 3.05) is 38.2 Å². The maximum absolute atomic E-state index is 13.1. The van der Waals surface area contributed by atoms with Gasteiger partial charge in [0, 0.05) is 37.9 Å². The Morgan fingerprint density at radius 2 is 1.93 bits per heavy atom. The van der Waals surface area contributed by atoms with Crippen molar-refractivity contribution in [1.29, 1.82) is 0 Å². The maximum atomic E-state index is 13.1. The van der Waals surface area contributed by atoms with E-state index in [-0.39, 0.29) is 5.91 Å². The van der Waals surface area contributed by atoms with Gasteiger partial charge in [-0.3, -0.25) is 4.79 Å². The molecule has 1 aliphatic heterocycles. The van der Waals surface area contributed by atoms with E-state index in [9.17, 15) is 4.79 Å². The van der Waals surface area contributed by atoms with Crippen LogP contribution < -0.4 is 9.64 Å². The summed E-state index contributed by atoms with van der Waals surface area (Å²) < 4.78 is 5.47. The van der Waals surface area contributed by atoms with Gasteiger partial charge in [-0.25, -0.2) is 4.98 Å². The number of aromatic nitrogens is 1. The van der Waals surface area contributed by atoms with E-state index in [1.54, 1.807) is 13.3 Å². The molecule has 1 saturated heterocycles. The van der Waals surface area contributed by atoms with Crippen LogP contribution in [0.3, 0.4) is 0 Å². The zero-order chi connectivity index (χ0) is 20.8. The molecule has 4 rings (SSSR count). The molecule has 2 heterocycles. The highest BCUT2D eigenvalue weighted by molar-refractivity contribution is 5.95. The van der Waals surface area contributed by atoms with Gasteiger partial charge in [0.1, 0.15) is 11.6 Å². The lowest BCUT2D eigenvalue weighted by Gasteiger charge is -2.35. The van der Waals surface area contributed by atoms with Crippen LogP contribution in [0, 0.1) is 11.8 Å². The summed E-state index contributed by atoms with van der Waals surface area (Å²) in [6, 6.07) is 11.5. The molecule has 5 heteroatoms. The second-order valence-electron chi connectivity index (χ2n) is 7.61. The van der Waals surface area contributed by atoms with Crippen molar-refractivity contribution in [3.05, 3.63) is 65.4 Å². The van der Waals surface area contributed by atoms with E-state index in [2.05, 4.69) is 27.8 Å². The van der Waals surface area contributed by atoms with Gasteiger partial charge in [0.05, 0.1) is 12.7 Å². The van der Waals surface area contributed by atoms with Crippen LogP contribution >= 0.6 is 0 Å². The number of anilines is 1. The van der Waals surface area contributed by atoms with E-state index in [1.165, 1.54) is 18.4 Å². The van der Waals surface area contributed by atoms with Gasteiger partial charge in [-0.2, -0.15) is 0 Å². The highest BCUT2D eigenvalue weighted by atomic mass is 16.5. The third-order valence-electron chi connectivity index (χ3n) is 5.64. The predicted molar refractivity (Wildman–Crippen MR) is 119 cm³/mol. The zero-order valence-electron chi connectivity index (χ0n) is 17.4. The van der Waals surface area contributed by atoms with E-state index < -0.39 is 0 Å². The Balaban J connectivity index is 1.47. The molecule has 154 valence electrons. The second kappa shape index (κ2) is 9.49.